The van der Waals surface area contributed by atoms with Gasteiger partial charge in [0.25, 0.3) is 0 Å². The van der Waals surface area contributed by atoms with E-state index in [0.717, 1.165) is 35.4 Å². The van der Waals surface area contributed by atoms with Crippen molar-refractivity contribution in [2.45, 2.75) is 13.0 Å². The third-order valence-electron chi connectivity index (χ3n) is 4.17. The summed E-state index contributed by atoms with van der Waals surface area (Å²) in [4.78, 5) is 11.5. The van der Waals surface area contributed by atoms with Crippen LogP contribution < -0.4 is 0 Å². The van der Waals surface area contributed by atoms with Crippen LogP contribution in [0.5, 0.6) is 0 Å². The van der Waals surface area contributed by atoms with E-state index < -0.39 is 0 Å². The van der Waals surface area contributed by atoms with Gasteiger partial charge in [0.15, 0.2) is 5.65 Å². The first kappa shape index (κ1) is 9.59. The van der Waals surface area contributed by atoms with Crippen LogP contribution in [-0.2, 0) is 13.6 Å². The molecule has 17 heavy (non-hydrogen) atoms. The minimum absolute atomic E-state index is 0.870. The first-order valence-electron chi connectivity index (χ1n) is 6.30. The fraction of sp³-hybridized carbons (Fsp3) is 0.538. The van der Waals surface area contributed by atoms with Crippen LogP contribution in [0.25, 0.3) is 11.2 Å². The molecular weight excluding hydrogens is 212 g/mol. The Morgan fingerprint density at radius 3 is 2.94 bits per heavy atom. The second-order valence-electron chi connectivity index (χ2n) is 5.38. The number of likely N-dealkylation sites (tertiary alicyclic amines) is 1. The number of pyridine rings is 1. The third kappa shape index (κ3) is 1.47. The summed E-state index contributed by atoms with van der Waals surface area (Å²) in [6, 6.07) is 4.05. The van der Waals surface area contributed by atoms with Gasteiger partial charge in [-0.2, -0.15) is 0 Å². The van der Waals surface area contributed by atoms with Crippen LogP contribution in [-0.4, -0.2) is 32.5 Å². The maximum Gasteiger partial charge on any atom is 0.177 e. The van der Waals surface area contributed by atoms with Gasteiger partial charge in [0.1, 0.15) is 5.82 Å². The number of nitrogens with zero attached hydrogens (tertiary/aromatic N) is 4. The van der Waals surface area contributed by atoms with E-state index in [1.165, 1.54) is 19.5 Å². The van der Waals surface area contributed by atoms with Crippen LogP contribution in [0.15, 0.2) is 18.3 Å². The van der Waals surface area contributed by atoms with Crippen molar-refractivity contribution in [3.63, 3.8) is 0 Å². The number of aromatic nitrogens is 3. The van der Waals surface area contributed by atoms with E-state index in [1.807, 2.05) is 12.3 Å². The van der Waals surface area contributed by atoms with E-state index >= 15 is 0 Å². The third-order valence-corrected chi connectivity index (χ3v) is 4.17. The lowest BCUT2D eigenvalue weighted by Crippen LogP contribution is -2.23. The summed E-state index contributed by atoms with van der Waals surface area (Å²) < 4.78 is 2.17. The summed E-state index contributed by atoms with van der Waals surface area (Å²) in [7, 11) is 2.09. The Morgan fingerprint density at radius 1 is 1.35 bits per heavy atom. The Morgan fingerprint density at radius 2 is 2.18 bits per heavy atom. The second kappa shape index (κ2) is 3.29. The molecule has 1 aliphatic heterocycles. The SMILES string of the molecule is Cn1c(CN2CC3CC3C2)nc2ncccc21. The minimum Gasteiger partial charge on any atom is -0.329 e. The Kier molecular flexibility index (Phi) is 1.86. The summed E-state index contributed by atoms with van der Waals surface area (Å²) in [5, 5.41) is 0. The van der Waals surface area contributed by atoms with Crippen LogP contribution in [0.4, 0.5) is 0 Å². The molecule has 4 nitrogen and oxygen atoms in total. The summed E-state index contributed by atoms with van der Waals surface area (Å²) >= 11 is 0. The molecule has 2 aliphatic rings. The zero-order valence-electron chi connectivity index (χ0n) is 10.0. The Labute approximate surface area is 100 Å². The van der Waals surface area contributed by atoms with Crippen molar-refractivity contribution < 1.29 is 0 Å². The quantitative estimate of drug-likeness (QED) is 0.779. The number of hydrogen-bond donors (Lipinski definition) is 0. The molecule has 4 heteroatoms. The van der Waals surface area contributed by atoms with Gasteiger partial charge in [-0.15, -0.1) is 0 Å². The van der Waals surface area contributed by atoms with Crippen LogP contribution in [0.2, 0.25) is 0 Å². The van der Waals surface area contributed by atoms with E-state index in [2.05, 4.69) is 32.5 Å². The highest BCUT2D eigenvalue weighted by Gasteiger charge is 2.44. The molecule has 3 heterocycles. The van der Waals surface area contributed by atoms with E-state index in [0.29, 0.717) is 0 Å². The zero-order chi connectivity index (χ0) is 11.4. The minimum atomic E-state index is 0.870. The van der Waals surface area contributed by atoms with Crippen molar-refractivity contribution in [1.82, 2.24) is 19.4 Å². The topological polar surface area (TPSA) is 34.0 Å². The molecule has 0 amide bonds. The summed E-state index contributed by atoms with van der Waals surface area (Å²) in [6.07, 6.45) is 3.27. The number of imidazole rings is 1. The monoisotopic (exact) mass is 228 g/mol. The van der Waals surface area contributed by atoms with Crippen molar-refractivity contribution in [3.05, 3.63) is 24.2 Å². The molecule has 2 aromatic heterocycles. The van der Waals surface area contributed by atoms with Crippen LogP contribution in [0.3, 0.4) is 0 Å². The molecule has 2 atom stereocenters. The first-order valence-corrected chi connectivity index (χ1v) is 6.30. The Balaban J connectivity index is 1.64. The molecular formula is C13H16N4. The van der Waals surface area contributed by atoms with E-state index in [1.54, 1.807) is 0 Å². The van der Waals surface area contributed by atoms with Gasteiger partial charge in [0.2, 0.25) is 0 Å². The van der Waals surface area contributed by atoms with Crippen LogP contribution >= 0.6 is 0 Å². The fourth-order valence-corrected chi connectivity index (χ4v) is 3.04. The molecule has 2 fully saturated rings. The zero-order valence-corrected chi connectivity index (χ0v) is 10.0. The maximum absolute atomic E-state index is 4.63. The van der Waals surface area contributed by atoms with Gasteiger partial charge in [0, 0.05) is 26.3 Å². The van der Waals surface area contributed by atoms with Gasteiger partial charge < -0.3 is 4.57 Å². The van der Waals surface area contributed by atoms with Crippen LogP contribution in [0, 0.1) is 11.8 Å². The molecule has 0 aromatic carbocycles. The number of fused-ring (bicyclic) bond motifs is 2. The largest absolute Gasteiger partial charge is 0.329 e. The van der Waals surface area contributed by atoms with E-state index in [9.17, 15) is 0 Å². The summed E-state index contributed by atoms with van der Waals surface area (Å²) in [6.45, 7) is 3.50. The summed E-state index contributed by atoms with van der Waals surface area (Å²) in [5.41, 5.74) is 2.00. The highest BCUT2D eigenvalue weighted by Crippen LogP contribution is 2.45. The standard InChI is InChI=1S/C13H16N4/c1-16-11-3-2-4-14-13(11)15-12(16)8-17-6-9-5-10(9)7-17/h2-4,9-10H,5-8H2,1H3. The number of aryl methyl sites for hydroxylation is 1. The Hall–Kier alpha value is -1.42. The fourth-order valence-electron chi connectivity index (χ4n) is 3.04. The van der Waals surface area contributed by atoms with Gasteiger partial charge >= 0.3 is 0 Å². The predicted molar refractivity (Wildman–Crippen MR) is 65.4 cm³/mol. The molecule has 0 spiro atoms. The molecule has 1 aliphatic carbocycles. The van der Waals surface area contributed by atoms with Gasteiger partial charge in [-0.05, 0) is 30.4 Å². The molecule has 0 N–H and O–H groups in total. The van der Waals surface area contributed by atoms with Crippen molar-refractivity contribution in [2.75, 3.05) is 13.1 Å². The van der Waals surface area contributed by atoms with Crippen molar-refractivity contribution >= 4 is 11.2 Å². The lowest BCUT2D eigenvalue weighted by Gasteiger charge is -2.16. The molecule has 0 bridgehead atoms. The maximum atomic E-state index is 4.63. The van der Waals surface area contributed by atoms with Gasteiger partial charge in [-0.25, -0.2) is 9.97 Å². The van der Waals surface area contributed by atoms with Crippen LogP contribution in [0.1, 0.15) is 12.2 Å². The molecule has 0 radical (unpaired) electrons. The summed E-state index contributed by atoms with van der Waals surface area (Å²) in [5.74, 6) is 3.12. The van der Waals surface area contributed by atoms with Crippen molar-refractivity contribution in [1.29, 1.82) is 0 Å². The van der Waals surface area contributed by atoms with Gasteiger partial charge in [-0.3, -0.25) is 4.90 Å². The van der Waals surface area contributed by atoms with Gasteiger partial charge in [-0.1, -0.05) is 0 Å². The lowest BCUT2D eigenvalue weighted by atomic mass is 10.4. The second-order valence-corrected chi connectivity index (χ2v) is 5.38. The highest BCUT2D eigenvalue weighted by molar-refractivity contribution is 5.71. The highest BCUT2D eigenvalue weighted by atomic mass is 15.2. The van der Waals surface area contributed by atoms with E-state index in [-0.39, 0.29) is 0 Å². The number of piperidine rings is 1. The molecule has 88 valence electrons. The van der Waals surface area contributed by atoms with E-state index in [4.69, 9.17) is 0 Å². The molecule has 1 saturated heterocycles. The lowest BCUT2D eigenvalue weighted by molar-refractivity contribution is 0.287. The van der Waals surface area contributed by atoms with Crippen molar-refractivity contribution in [2.24, 2.45) is 18.9 Å². The predicted octanol–water partition coefficient (Wildman–Crippen LogP) is 1.42. The number of rotatable bonds is 2. The average Bonchev–Trinajstić information content (AvgIpc) is 2.82. The van der Waals surface area contributed by atoms with Gasteiger partial charge in [0.05, 0.1) is 12.1 Å². The number of hydrogen-bond acceptors (Lipinski definition) is 3. The first-order chi connectivity index (χ1) is 8.31. The molecule has 4 rings (SSSR count). The molecule has 2 aromatic rings. The molecule has 2 unspecified atom stereocenters. The average molecular weight is 228 g/mol. The smallest absolute Gasteiger partial charge is 0.177 e. The normalized spacial score (nSPS) is 27.6. The molecule has 1 saturated carbocycles. The Bertz CT molecular complexity index is 564. The van der Waals surface area contributed by atoms with Crippen molar-refractivity contribution in [3.8, 4) is 0 Å².